The van der Waals surface area contributed by atoms with Gasteiger partial charge in [-0.05, 0) is 63.1 Å². The molecule has 1 amide bonds. The molecule has 1 saturated carbocycles. The molecule has 0 spiro atoms. The molecule has 0 aliphatic heterocycles. The maximum absolute atomic E-state index is 13.4. The van der Waals surface area contributed by atoms with Gasteiger partial charge < -0.3 is 9.84 Å². The Bertz CT molecular complexity index is 909. The average molecular weight is 412 g/mol. The Labute approximate surface area is 177 Å². The molecule has 1 aliphatic carbocycles. The van der Waals surface area contributed by atoms with E-state index in [2.05, 4.69) is 18.6 Å². The SMILES string of the molecule is C=Cc1ccc(-n2cc(OC(=O)O)c(N(C(=O)[C@H]3CC[C@H](C)CC3)C(C)C)n2)cc1. The van der Waals surface area contributed by atoms with E-state index in [9.17, 15) is 14.7 Å². The molecule has 0 unspecified atom stereocenters. The van der Waals surface area contributed by atoms with Crippen LogP contribution in [-0.2, 0) is 4.79 Å². The maximum Gasteiger partial charge on any atom is 0.511 e. The van der Waals surface area contributed by atoms with Gasteiger partial charge in [-0.1, -0.05) is 31.7 Å². The molecule has 0 radical (unpaired) electrons. The summed E-state index contributed by atoms with van der Waals surface area (Å²) in [6.07, 6.45) is 5.50. The second-order valence-corrected chi connectivity index (χ2v) is 8.18. The largest absolute Gasteiger partial charge is 0.511 e. The lowest BCUT2D eigenvalue weighted by Crippen LogP contribution is -2.42. The zero-order valence-electron chi connectivity index (χ0n) is 17.7. The number of hydrogen-bond acceptors (Lipinski definition) is 4. The second kappa shape index (κ2) is 9.15. The van der Waals surface area contributed by atoms with Crippen molar-refractivity contribution in [2.45, 2.75) is 52.5 Å². The van der Waals surface area contributed by atoms with Crippen molar-refractivity contribution in [1.29, 1.82) is 0 Å². The van der Waals surface area contributed by atoms with E-state index in [1.165, 1.54) is 10.9 Å². The minimum atomic E-state index is -1.44. The lowest BCUT2D eigenvalue weighted by Gasteiger charge is -2.32. The molecule has 160 valence electrons. The average Bonchev–Trinajstić information content (AvgIpc) is 3.11. The van der Waals surface area contributed by atoms with Gasteiger partial charge in [0.05, 0.1) is 11.9 Å². The molecular weight excluding hydrogens is 382 g/mol. The van der Waals surface area contributed by atoms with Gasteiger partial charge in [-0.15, -0.1) is 5.10 Å². The standard InChI is InChI=1S/C23H29N3O4/c1-5-17-8-12-19(13-9-17)25-14-20(30-23(28)29)21(24-25)26(15(2)3)22(27)18-10-6-16(4)7-11-18/h5,8-9,12-16,18H,1,6-7,10-11H2,2-4H3,(H,28,29)/t16-,18-. The number of carbonyl (C=O) groups excluding carboxylic acids is 1. The molecule has 0 saturated heterocycles. The molecule has 1 fully saturated rings. The van der Waals surface area contributed by atoms with Crippen molar-refractivity contribution in [3.8, 4) is 11.4 Å². The zero-order valence-corrected chi connectivity index (χ0v) is 17.7. The summed E-state index contributed by atoms with van der Waals surface area (Å²) in [6, 6.07) is 7.27. The first kappa shape index (κ1) is 21.6. The number of nitrogens with zero attached hydrogens (tertiary/aromatic N) is 3. The molecule has 1 heterocycles. The highest BCUT2D eigenvalue weighted by atomic mass is 16.7. The number of carboxylic acid groups (broad SMARTS) is 1. The van der Waals surface area contributed by atoms with E-state index >= 15 is 0 Å². The smallest absolute Gasteiger partial charge is 0.449 e. The summed E-state index contributed by atoms with van der Waals surface area (Å²) in [7, 11) is 0. The predicted molar refractivity (Wildman–Crippen MR) is 116 cm³/mol. The van der Waals surface area contributed by atoms with Gasteiger partial charge in [0.15, 0.2) is 5.75 Å². The van der Waals surface area contributed by atoms with Crippen LogP contribution in [0.15, 0.2) is 37.0 Å². The highest BCUT2D eigenvalue weighted by molar-refractivity contribution is 5.96. The van der Waals surface area contributed by atoms with Gasteiger partial charge in [0.1, 0.15) is 0 Å². The first-order valence-electron chi connectivity index (χ1n) is 10.4. The fraction of sp³-hybridized carbons (Fsp3) is 0.435. The summed E-state index contributed by atoms with van der Waals surface area (Å²) < 4.78 is 6.54. The fourth-order valence-corrected chi connectivity index (χ4v) is 3.88. The molecule has 0 bridgehead atoms. The number of anilines is 1. The molecule has 7 heteroatoms. The van der Waals surface area contributed by atoms with Gasteiger partial charge in [-0.3, -0.25) is 9.69 Å². The molecule has 30 heavy (non-hydrogen) atoms. The third-order valence-corrected chi connectivity index (χ3v) is 5.60. The molecule has 0 atom stereocenters. The first-order valence-corrected chi connectivity index (χ1v) is 10.4. The fourth-order valence-electron chi connectivity index (χ4n) is 3.88. The molecule has 1 aliphatic rings. The molecule has 7 nitrogen and oxygen atoms in total. The van der Waals surface area contributed by atoms with Crippen LogP contribution in [0.5, 0.6) is 5.75 Å². The Kier molecular flexibility index (Phi) is 6.59. The maximum atomic E-state index is 13.4. The van der Waals surface area contributed by atoms with Crippen LogP contribution in [0.4, 0.5) is 10.6 Å². The van der Waals surface area contributed by atoms with Crippen LogP contribution in [0.1, 0.15) is 52.0 Å². The topological polar surface area (TPSA) is 84.7 Å². The summed E-state index contributed by atoms with van der Waals surface area (Å²) in [5, 5.41) is 13.8. The molecule has 1 N–H and O–H groups in total. The van der Waals surface area contributed by atoms with E-state index in [-0.39, 0.29) is 29.4 Å². The van der Waals surface area contributed by atoms with Crippen molar-refractivity contribution in [3.63, 3.8) is 0 Å². The lowest BCUT2D eigenvalue weighted by atomic mass is 9.82. The number of benzene rings is 1. The molecule has 1 aromatic carbocycles. The number of hydrogen-bond donors (Lipinski definition) is 1. The van der Waals surface area contributed by atoms with Gasteiger partial charge >= 0.3 is 6.16 Å². The monoisotopic (exact) mass is 411 g/mol. The zero-order chi connectivity index (χ0) is 21.8. The summed E-state index contributed by atoms with van der Waals surface area (Å²) in [5.41, 5.74) is 1.68. The van der Waals surface area contributed by atoms with E-state index in [0.29, 0.717) is 5.92 Å². The highest BCUT2D eigenvalue weighted by Crippen LogP contribution is 2.35. The summed E-state index contributed by atoms with van der Waals surface area (Å²) in [4.78, 5) is 26.2. The van der Waals surface area contributed by atoms with E-state index in [4.69, 9.17) is 4.74 Å². The van der Waals surface area contributed by atoms with Crippen LogP contribution in [0.25, 0.3) is 11.8 Å². The van der Waals surface area contributed by atoms with Gasteiger partial charge in [0.25, 0.3) is 0 Å². The number of rotatable bonds is 6. The minimum absolute atomic E-state index is 0.0283. The van der Waals surface area contributed by atoms with Crippen LogP contribution in [0.2, 0.25) is 0 Å². The number of aromatic nitrogens is 2. The van der Waals surface area contributed by atoms with Crippen molar-refractivity contribution in [1.82, 2.24) is 9.78 Å². The molecular formula is C23H29N3O4. The molecule has 2 aromatic rings. The Balaban J connectivity index is 1.98. The number of ether oxygens (including phenoxy) is 1. The second-order valence-electron chi connectivity index (χ2n) is 8.18. The van der Waals surface area contributed by atoms with Crippen molar-refractivity contribution < 1.29 is 19.4 Å². The minimum Gasteiger partial charge on any atom is -0.449 e. The van der Waals surface area contributed by atoms with Gasteiger partial charge in [0, 0.05) is 12.0 Å². The van der Waals surface area contributed by atoms with Gasteiger partial charge in [-0.2, -0.15) is 0 Å². The third-order valence-electron chi connectivity index (χ3n) is 5.60. The van der Waals surface area contributed by atoms with E-state index in [0.717, 1.165) is 36.9 Å². The Morgan fingerprint density at radius 3 is 2.40 bits per heavy atom. The van der Waals surface area contributed by atoms with Crippen molar-refractivity contribution in [3.05, 3.63) is 42.6 Å². The lowest BCUT2D eigenvalue weighted by molar-refractivity contribution is -0.124. The van der Waals surface area contributed by atoms with Crippen LogP contribution in [0.3, 0.4) is 0 Å². The normalized spacial score (nSPS) is 18.8. The number of amides is 1. The summed E-state index contributed by atoms with van der Waals surface area (Å²) >= 11 is 0. The van der Waals surface area contributed by atoms with E-state index < -0.39 is 6.16 Å². The Morgan fingerprint density at radius 1 is 1.23 bits per heavy atom. The van der Waals surface area contributed by atoms with Crippen molar-refractivity contribution >= 4 is 24.0 Å². The van der Waals surface area contributed by atoms with Crippen LogP contribution in [0, 0.1) is 11.8 Å². The quantitative estimate of drug-likeness (QED) is 0.665. The predicted octanol–water partition coefficient (Wildman–Crippen LogP) is 5.14. The van der Waals surface area contributed by atoms with E-state index in [1.807, 2.05) is 38.1 Å². The first-order chi connectivity index (χ1) is 14.3. The van der Waals surface area contributed by atoms with Crippen LogP contribution in [-0.4, -0.2) is 33.0 Å². The summed E-state index contributed by atoms with van der Waals surface area (Å²) in [5.74, 6) is 0.785. The van der Waals surface area contributed by atoms with Gasteiger partial charge in [-0.25, -0.2) is 9.48 Å². The van der Waals surface area contributed by atoms with Crippen molar-refractivity contribution in [2.75, 3.05) is 4.90 Å². The van der Waals surface area contributed by atoms with Crippen molar-refractivity contribution in [2.24, 2.45) is 11.8 Å². The van der Waals surface area contributed by atoms with Crippen LogP contribution >= 0.6 is 0 Å². The molecule has 3 rings (SSSR count). The van der Waals surface area contributed by atoms with Crippen LogP contribution < -0.4 is 9.64 Å². The third kappa shape index (κ3) is 4.72. The van der Waals surface area contributed by atoms with Gasteiger partial charge in [0.2, 0.25) is 11.7 Å². The number of carbonyl (C=O) groups is 2. The Morgan fingerprint density at radius 2 is 1.87 bits per heavy atom. The molecule has 1 aromatic heterocycles. The Hall–Kier alpha value is -3.09. The highest BCUT2D eigenvalue weighted by Gasteiger charge is 2.34. The van der Waals surface area contributed by atoms with E-state index in [1.54, 1.807) is 11.0 Å². The summed E-state index contributed by atoms with van der Waals surface area (Å²) in [6.45, 7) is 9.74.